The Hall–Kier alpha value is 0.250. The summed E-state index contributed by atoms with van der Waals surface area (Å²) in [6, 6.07) is 0. The number of hydrogen-bond donors (Lipinski definition) is 0. The van der Waals surface area contributed by atoms with E-state index in [1.54, 1.807) is 0 Å². The fourth-order valence-corrected chi connectivity index (χ4v) is 2.51. The van der Waals surface area contributed by atoms with Gasteiger partial charge in [-0.05, 0) is 57.5 Å². The van der Waals surface area contributed by atoms with Gasteiger partial charge in [-0.3, -0.25) is 0 Å². The molecule has 1 atom stereocenters. The molecule has 1 nitrogen and oxygen atoms in total. The van der Waals surface area contributed by atoms with Gasteiger partial charge in [-0.1, -0.05) is 0 Å². The highest BCUT2D eigenvalue weighted by atomic mass is 35.5. The van der Waals surface area contributed by atoms with Crippen molar-refractivity contribution in [2.75, 3.05) is 19.6 Å². The smallest absolute Gasteiger partial charge is 0.0337 e. The molecule has 0 N–H and O–H groups in total. The Morgan fingerprint density at radius 2 is 1.85 bits per heavy atom. The molecule has 2 fully saturated rings. The first-order valence-corrected chi connectivity index (χ1v) is 6.06. The van der Waals surface area contributed by atoms with Crippen molar-refractivity contribution in [3.8, 4) is 0 Å². The third-order valence-corrected chi connectivity index (χ3v) is 3.85. The summed E-state index contributed by atoms with van der Waals surface area (Å²) in [4.78, 5) is 2.63. The topological polar surface area (TPSA) is 3.24 Å². The summed E-state index contributed by atoms with van der Waals surface area (Å²) in [5, 5.41) is 0.378. The van der Waals surface area contributed by atoms with Crippen LogP contribution in [0, 0.1) is 11.8 Å². The molecule has 1 saturated heterocycles. The van der Waals surface area contributed by atoms with Crippen LogP contribution in [0.25, 0.3) is 0 Å². The SMILES string of the molecule is CC(Cl)C1CCN(CC2CC2)CC1. The first-order chi connectivity index (χ1) is 6.25. The minimum absolute atomic E-state index is 0.378. The molecule has 2 heteroatoms. The van der Waals surface area contributed by atoms with Gasteiger partial charge in [0.15, 0.2) is 0 Å². The fraction of sp³-hybridized carbons (Fsp3) is 1.00. The molecule has 0 bridgehead atoms. The Kier molecular flexibility index (Phi) is 3.15. The van der Waals surface area contributed by atoms with Crippen LogP contribution in [-0.2, 0) is 0 Å². The Bertz CT molecular complexity index is 157. The predicted octanol–water partition coefficient (Wildman–Crippen LogP) is 2.74. The van der Waals surface area contributed by atoms with E-state index in [1.807, 2.05) is 0 Å². The number of alkyl halides is 1. The van der Waals surface area contributed by atoms with Crippen LogP contribution < -0.4 is 0 Å². The van der Waals surface area contributed by atoms with E-state index in [2.05, 4.69) is 11.8 Å². The summed E-state index contributed by atoms with van der Waals surface area (Å²) >= 11 is 6.10. The van der Waals surface area contributed by atoms with Crippen LogP contribution in [0.3, 0.4) is 0 Å². The van der Waals surface area contributed by atoms with Gasteiger partial charge in [-0.15, -0.1) is 11.6 Å². The van der Waals surface area contributed by atoms with Gasteiger partial charge in [0, 0.05) is 11.9 Å². The van der Waals surface area contributed by atoms with Crippen LogP contribution in [-0.4, -0.2) is 29.9 Å². The van der Waals surface area contributed by atoms with Crippen LogP contribution in [0.5, 0.6) is 0 Å². The molecule has 1 unspecified atom stereocenters. The molecule has 0 aromatic heterocycles. The van der Waals surface area contributed by atoms with Gasteiger partial charge in [0.2, 0.25) is 0 Å². The molecule has 2 rings (SSSR count). The monoisotopic (exact) mass is 201 g/mol. The van der Waals surface area contributed by atoms with Gasteiger partial charge in [-0.25, -0.2) is 0 Å². The van der Waals surface area contributed by atoms with Crippen LogP contribution >= 0.6 is 11.6 Å². The Morgan fingerprint density at radius 1 is 1.23 bits per heavy atom. The molecule has 2 aliphatic rings. The van der Waals surface area contributed by atoms with Crippen LogP contribution in [0.4, 0.5) is 0 Å². The zero-order chi connectivity index (χ0) is 9.26. The van der Waals surface area contributed by atoms with Crippen LogP contribution in [0.2, 0.25) is 0 Å². The number of nitrogens with zero attached hydrogens (tertiary/aromatic N) is 1. The maximum absolute atomic E-state index is 6.10. The van der Waals surface area contributed by atoms with Crippen molar-refractivity contribution < 1.29 is 0 Å². The van der Waals surface area contributed by atoms with E-state index in [1.165, 1.54) is 45.3 Å². The third kappa shape index (κ3) is 2.85. The zero-order valence-corrected chi connectivity index (χ0v) is 9.26. The molecule has 1 heterocycles. The molecule has 1 aliphatic heterocycles. The first-order valence-electron chi connectivity index (χ1n) is 5.62. The van der Waals surface area contributed by atoms with Gasteiger partial charge in [0.1, 0.15) is 0 Å². The maximum atomic E-state index is 6.10. The second kappa shape index (κ2) is 4.18. The molecule has 1 saturated carbocycles. The lowest BCUT2D eigenvalue weighted by Crippen LogP contribution is -2.37. The number of piperidine rings is 1. The average Bonchev–Trinajstić information content (AvgIpc) is 2.89. The lowest BCUT2D eigenvalue weighted by Gasteiger charge is -2.33. The maximum Gasteiger partial charge on any atom is 0.0337 e. The summed E-state index contributed by atoms with van der Waals surface area (Å²) in [6.45, 7) is 6.09. The summed E-state index contributed by atoms with van der Waals surface area (Å²) in [5.41, 5.74) is 0. The molecule has 13 heavy (non-hydrogen) atoms. The fourth-order valence-electron chi connectivity index (χ4n) is 2.26. The minimum Gasteiger partial charge on any atom is -0.303 e. The van der Waals surface area contributed by atoms with Gasteiger partial charge in [-0.2, -0.15) is 0 Å². The second-order valence-corrected chi connectivity index (χ2v) is 5.45. The third-order valence-electron chi connectivity index (χ3n) is 3.50. The molecule has 0 spiro atoms. The molecule has 0 amide bonds. The number of hydrogen-bond acceptors (Lipinski definition) is 1. The van der Waals surface area contributed by atoms with Crippen LogP contribution in [0.15, 0.2) is 0 Å². The summed E-state index contributed by atoms with van der Waals surface area (Å²) in [6.07, 6.45) is 5.59. The molecule has 76 valence electrons. The first kappa shape index (κ1) is 9.79. The Balaban J connectivity index is 1.69. The summed E-state index contributed by atoms with van der Waals surface area (Å²) in [7, 11) is 0. The van der Waals surface area contributed by atoms with Gasteiger partial charge >= 0.3 is 0 Å². The number of likely N-dealkylation sites (tertiary alicyclic amines) is 1. The number of halogens is 1. The largest absolute Gasteiger partial charge is 0.303 e. The van der Waals surface area contributed by atoms with E-state index in [4.69, 9.17) is 11.6 Å². The molecule has 0 aromatic rings. The van der Waals surface area contributed by atoms with Gasteiger partial charge in [0.25, 0.3) is 0 Å². The van der Waals surface area contributed by atoms with E-state index in [9.17, 15) is 0 Å². The highest BCUT2D eigenvalue weighted by molar-refractivity contribution is 6.20. The van der Waals surface area contributed by atoms with Crippen molar-refractivity contribution in [3.05, 3.63) is 0 Å². The van der Waals surface area contributed by atoms with Crippen LogP contribution in [0.1, 0.15) is 32.6 Å². The quantitative estimate of drug-likeness (QED) is 0.635. The summed E-state index contributed by atoms with van der Waals surface area (Å²) < 4.78 is 0. The molecule has 1 aliphatic carbocycles. The molecule has 0 radical (unpaired) electrons. The van der Waals surface area contributed by atoms with E-state index >= 15 is 0 Å². The Labute approximate surface area is 86.4 Å². The number of rotatable bonds is 3. The van der Waals surface area contributed by atoms with Crippen molar-refractivity contribution in [3.63, 3.8) is 0 Å². The second-order valence-electron chi connectivity index (χ2n) is 4.76. The average molecular weight is 202 g/mol. The minimum atomic E-state index is 0.378. The summed E-state index contributed by atoms with van der Waals surface area (Å²) in [5.74, 6) is 1.82. The van der Waals surface area contributed by atoms with Crippen molar-refractivity contribution in [2.45, 2.75) is 38.0 Å². The van der Waals surface area contributed by atoms with Crippen molar-refractivity contribution in [1.29, 1.82) is 0 Å². The predicted molar refractivity (Wildman–Crippen MR) is 57.2 cm³/mol. The van der Waals surface area contributed by atoms with E-state index in [0.717, 1.165) is 11.8 Å². The molecular weight excluding hydrogens is 182 g/mol. The van der Waals surface area contributed by atoms with Gasteiger partial charge < -0.3 is 4.90 Å². The zero-order valence-electron chi connectivity index (χ0n) is 8.51. The molecule has 0 aromatic carbocycles. The highest BCUT2D eigenvalue weighted by Crippen LogP contribution is 2.32. The Morgan fingerprint density at radius 3 is 2.31 bits per heavy atom. The lowest BCUT2D eigenvalue weighted by molar-refractivity contribution is 0.177. The highest BCUT2D eigenvalue weighted by Gasteiger charge is 2.28. The normalized spacial score (nSPS) is 29.1. The van der Waals surface area contributed by atoms with Gasteiger partial charge in [0.05, 0.1) is 0 Å². The lowest BCUT2D eigenvalue weighted by atomic mass is 9.94. The molecular formula is C11H20ClN. The van der Waals surface area contributed by atoms with Crippen molar-refractivity contribution >= 4 is 11.6 Å². The van der Waals surface area contributed by atoms with E-state index in [-0.39, 0.29) is 0 Å². The van der Waals surface area contributed by atoms with E-state index in [0.29, 0.717) is 5.38 Å². The van der Waals surface area contributed by atoms with Crippen molar-refractivity contribution in [1.82, 2.24) is 4.90 Å². The standard InChI is InChI=1S/C11H20ClN/c1-9(12)11-4-6-13(7-5-11)8-10-2-3-10/h9-11H,2-8H2,1H3. The van der Waals surface area contributed by atoms with E-state index < -0.39 is 0 Å². The van der Waals surface area contributed by atoms with Crippen molar-refractivity contribution in [2.24, 2.45) is 11.8 Å².